The van der Waals surface area contributed by atoms with Gasteiger partial charge in [-0.1, -0.05) is 216 Å². The SMILES string of the molecule is CCNCCC#Cc1ccc(O)c2c1/C=C/C[C@H](O)[C@H](O)C(=O)/C=C\[C@@H](C)[C@H](C)OC2=O.CCNCCC#Cc1ccc(OCOC)c(C(=O)OCC[Si](C)(C)C)c1/C=C/C[C@@H]1OC(C)(C)O[C@@H]1C(/C=C\[C@@H](C)[C@H](C)O[Si](c1ccccc1)(c1ccccc1)C(C)(C)C)O[Si](C)(C)C(C)(C)C. The number of ether oxygens (including phenoxy) is 6. The Hall–Kier alpha value is -6.54. The van der Waals surface area contributed by atoms with Gasteiger partial charge >= 0.3 is 11.9 Å². The van der Waals surface area contributed by atoms with Crippen molar-refractivity contribution in [3.8, 4) is 35.2 Å². The Kier molecular flexibility index (Phi) is 33.2. The maximum Gasteiger partial charge on any atom is 0.342 e. The molecule has 19 heteroatoms. The third-order valence-corrected chi connectivity index (χ3v) is 29.8. The fourth-order valence-electron chi connectivity index (χ4n) is 11.3. The molecule has 1 saturated heterocycles. The average molecular weight is 1440 g/mol. The third-order valence-electron chi connectivity index (χ3n) is 18.5. The van der Waals surface area contributed by atoms with E-state index in [0.717, 1.165) is 32.2 Å². The van der Waals surface area contributed by atoms with Gasteiger partial charge in [-0.3, -0.25) is 4.79 Å². The highest BCUT2D eigenvalue weighted by Crippen LogP contribution is 2.43. The van der Waals surface area contributed by atoms with Crippen LogP contribution in [0.5, 0.6) is 11.5 Å². The second-order valence-corrected chi connectivity index (χ2v) is 45.0. The van der Waals surface area contributed by atoms with Crippen molar-refractivity contribution in [3.05, 3.63) is 155 Å². The van der Waals surface area contributed by atoms with Gasteiger partial charge in [0.1, 0.15) is 40.9 Å². The lowest BCUT2D eigenvalue weighted by atomic mass is 9.97. The molecule has 0 aliphatic carbocycles. The Balaban J connectivity index is 0.000000477. The number of carbonyl (C=O) groups excluding carboxylic acids is 3. The first-order valence-corrected chi connectivity index (χ1v) is 44.4. The Bertz CT molecular complexity index is 3520. The molecule has 9 atom stereocenters. The van der Waals surface area contributed by atoms with E-state index in [-0.39, 0.29) is 58.6 Å². The Morgan fingerprint density at radius 3 is 1.94 bits per heavy atom. The van der Waals surface area contributed by atoms with E-state index < -0.39 is 78.7 Å². The Morgan fingerprint density at radius 1 is 0.782 bits per heavy atom. The first-order valence-electron chi connectivity index (χ1n) is 35.9. The molecule has 5 N–H and O–H groups in total. The molecule has 0 bridgehead atoms. The van der Waals surface area contributed by atoms with Gasteiger partial charge in [-0.15, -0.1) is 0 Å². The molecule has 6 rings (SSSR count). The van der Waals surface area contributed by atoms with Crippen molar-refractivity contribution in [1.29, 1.82) is 0 Å². The first kappa shape index (κ1) is 85.1. The van der Waals surface area contributed by atoms with Crippen molar-refractivity contribution in [2.75, 3.05) is 46.7 Å². The van der Waals surface area contributed by atoms with Crippen molar-refractivity contribution in [3.63, 3.8) is 0 Å². The summed E-state index contributed by atoms with van der Waals surface area (Å²) in [5, 5.41) is 39.5. The molecule has 4 aromatic carbocycles. The standard InChI is InChI=1S/C57H87NO8Si3.C25H31NO6/c1-18-58-39-26-25-28-45-36-38-49(62-42-60-12)52(54(59)61-40-41-67(13,14)15)48(45)33-27-34-50-53(64-57(10,11)63-50)51(66-68(16,17)55(4,5)6)37-35-43(2)44(3)65-69(56(7,8)9,46-29-21-19-22-30-46)47-31-23-20-24-32-47;1-4-26-15-6-5-8-18-12-14-20(27)23-19(18)9-7-10-21(28)24(30)22(29)13-11-16(2)17(3)32-25(23)31/h19-24,27,29-33,35-38,43-44,50-51,53,58H,18,26,34,39-42H2,1-17H3;7,9,11-14,16-17,21,24,26-28,30H,4,6,10,15H2,1-3H3/b33-27+,37-35-;9-7+,13-11-/t43-,44+,50+,51?,53+;16-,17+,21+,24+/m11/s1. The lowest BCUT2D eigenvalue weighted by molar-refractivity contribution is -0.151. The highest BCUT2D eigenvalue weighted by atomic mass is 28.4. The number of aromatic hydroxyl groups is 1. The Labute approximate surface area is 607 Å². The average Bonchev–Trinajstić information content (AvgIpc) is 1.12. The second kappa shape index (κ2) is 39.4. The minimum absolute atomic E-state index is 0.0223. The molecule has 2 heterocycles. The van der Waals surface area contributed by atoms with Gasteiger partial charge < -0.3 is 63.2 Å². The van der Waals surface area contributed by atoms with Gasteiger partial charge in [0.2, 0.25) is 0 Å². The van der Waals surface area contributed by atoms with E-state index in [2.05, 4.69) is 208 Å². The molecule has 1 fully saturated rings. The van der Waals surface area contributed by atoms with Gasteiger partial charge in [0.05, 0.1) is 24.9 Å². The number of phenolic OH excluding ortho intramolecular Hbond substituents is 1. The number of rotatable bonds is 26. The lowest BCUT2D eigenvalue weighted by Crippen LogP contribution is -2.67. The van der Waals surface area contributed by atoms with Crippen LogP contribution in [0.2, 0.25) is 48.9 Å². The molecule has 16 nitrogen and oxygen atoms in total. The monoisotopic (exact) mass is 1440 g/mol. The zero-order valence-electron chi connectivity index (χ0n) is 64.0. The molecule has 2 aliphatic heterocycles. The summed E-state index contributed by atoms with van der Waals surface area (Å²) < 4.78 is 51.3. The number of benzene rings is 4. The summed E-state index contributed by atoms with van der Waals surface area (Å²) in [5.74, 6) is 9.87. The molecule has 0 spiro atoms. The van der Waals surface area contributed by atoms with Crippen LogP contribution in [-0.2, 0) is 37.3 Å². The van der Waals surface area contributed by atoms with Crippen LogP contribution in [0.1, 0.15) is 166 Å². The molecule has 0 aromatic heterocycles. The molecule has 2 aliphatic rings. The summed E-state index contributed by atoms with van der Waals surface area (Å²) in [7, 11) is -5.09. The van der Waals surface area contributed by atoms with Gasteiger partial charge in [0, 0.05) is 75.4 Å². The summed E-state index contributed by atoms with van der Waals surface area (Å²) in [5.41, 5.74) is 2.50. The fourth-order valence-corrected chi connectivity index (χ4v) is 18.1. The normalized spacial score (nSPS) is 20.7. The van der Waals surface area contributed by atoms with Crippen molar-refractivity contribution >= 4 is 65.0 Å². The third kappa shape index (κ3) is 25.1. The minimum Gasteiger partial charge on any atom is -0.507 e. The van der Waals surface area contributed by atoms with E-state index in [9.17, 15) is 29.7 Å². The van der Waals surface area contributed by atoms with Crippen molar-refractivity contribution in [2.45, 2.75) is 220 Å². The second-order valence-electron chi connectivity index (χ2n) is 30.4. The van der Waals surface area contributed by atoms with Gasteiger partial charge in [0.15, 0.2) is 26.7 Å². The maximum absolute atomic E-state index is 14.1. The number of esters is 2. The number of ketones is 1. The number of phenols is 1. The molecular formula is C82H118N2O14Si3. The van der Waals surface area contributed by atoms with E-state index in [0.29, 0.717) is 59.4 Å². The smallest absolute Gasteiger partial charge is 0.342 e. The van der Waals surface area contributed by atoms with E-state index in [1.165, 1.54) is 34.7 Å². The number of aliphatic hydroxyl groups is 2. The van der Waals surface area contributed by atoms with Crippen molar-refractivity contribution < 1.29 is 67.0 Å². The predicted molar refractivity (Wildman–Crippen MR) is 415 cm³/mol. The van der Waals surface area contributed by atoms with Crippen LogP contribution in [0, 0.1) is 35.5 Å². The van der Waals surface area contributed by atoms with E-state index in [4.69, 9.17) is 37.3 Å². The quantitative estimate of drug-likeness (QED) is 0.00989. The van der Waals surface area contributed by atoms with Gasteiger partial charge in [-0.2, -0.15) is 0 Å². The summed E-state index contributed by atoms with van der Waals surface area (Å²) in [6.45, 7) is 44.5. The fraction of sp³-hybridized carbons (Fsp3) is 0.524. The molecule has 4 aromatic rings. The minimum atomic E-state index is -2.81. The zero-order valence-corrected chi connectivity index (χ0v) is 67.0. The Morgan fingerprint density at radius 2 is 1.38 bits per heavy atom. The van der Waals surface area contributed by atoms with Crippen molar-refractivity contribution in [2.24, 2.45) is 11.8 Å². The van der Waals surface area contributed by atoms with Crippen LogP contribution in [-0.4, -0.2) is 153 Å². The first-order chi connectivity index (χ1) is 47.5. The number of nitrogens with one attached hydrogen (secondary N) is 2. The van der Waals surface area contributed by atoms with Crippen LogP contribution in [0.3, 0.4) is 0 Å². The largest absolute Gasteiger partial charge is 0.507 e. The molecule has 552 valence electrons. The highest BCUT2D eigenvalue weighted by molar-refractivity contribution is 6.99. The molecule has 101 heavy (non-hydrogen) atoms. The predicted octanol–water partition coefficient (Wildman–Crippen LogP) is 14.2. The lowest BCUT2D eigenvalue weighted by Gasteiger charge is -2.45. The number of aliphatic hydroxyl groups excluding tert-OH is 2. The van der Waals surface area contributed by atoms with Crippen LogP contribution in [0.25, 0.3) is 12.2 Å². The molecule has 0 saturated carbocycles. The highest BCUT2D eigenvalue weighted by Gasteiger charge is 2.52. The van der Waals surface area contributed by atoms with Gasteiger partial charge in [-0.05, 0) is 129 Å². The molecule has 0 radical (unpaired) electrons. The van der Waals surface area contributed by atoms with Crippen LogP contribution >= 0.6 is 0 Å². The van der Waals surface area contributed by atoms with Crippen LogP contribution < -0.4 is 25.7 Å². The van der Waals surface area contributed by atoms with E-state index in [1.807, 2.05) is 32.9 Å². The zero-order chi connectivity index (χ0) is 74.9. The maximum atomic E-state index is 14.1. The topological polar surface area (TPSA) is 210 Å². The summed E-state index contributed by atoms with van der Waals surface area (Å²) in [6.07, 6.45) is 11.1. The van der Waals surface area contributed by atoms with Gasteiger partial charge in [0.25, 0.3) is 8.32 Å². The summed E-state index contributed by atoms with van der Waals surface area (Å²) >= 11 is 0. The number of carbonyl (C=O) groups is 3. The van der Waals surface area contributed by atoms with Gasteiger partial charge in [-0.25, -0.2) is 9.59 Å². The number of hydrogen-bond acceptors (Lipinski definition) is 16. The van der Waals surface area contributed by atoms with Crippen LogP contribution in [0.4, 0.5) is 0 Å². The molecule has 0 amide bonds. The number of hydrogen-bond donors (Lipinski definition) is 5. The summed E-state index contributed by atoms with van der Waals surface area (Å²) in [4.78, 5) is 39.2. The van der Waals surface area contributed by atoms with Crippen LogP contribution in [0.15, 0.2) is 121 Å². The number of methoxy groups -OCH3 is 1. The molecular weight excluding hydrogens is 1320 g/mol. The summed E-state index contributed by atoms with van der Waals surface area (Å²) in [6, 6.07) is 29.1. The van der Waals surface area contributed by atoms with E-state index >= 15 is 0 Å². The molecule has 1 unspecified atom stereocenters. The van der Waals surface area contributed by atoms with E-state index in [1.54, 1.807) is 39.2 Å². The number of fused-ring (bicyclic) bond motifs is 1. The van der Waals surface area contributed by atoms with Crippen molar-refractivity contribution in [1.82, 2.24) is 10.6 Å². The number of cyclic esters (lactones) is 1.